The van der Waals surface area contributed by atoms with Crippen molar-refractivity contribution in [2.75, 3.05) is 11.8 Å². The van der Waals surface area contributed by atoms with Gasteiger partial charge in [-0.3, -0.25) is 9.52 Å². The highest BCUT2D eigenvalue weighted by molar-refractivity contribution is 7.92. The molecule has 0 spiro atoms. The van der Waals surface area contributed by atoms with E-state index in [2.05, 4.69) is 4.72 Å². The van der Waals surface area contributed by atoms with Gasteiger partial charge in [0.05, 0.1) is 9.79 Å². The summed E-state index contributed by atoms with van der Waals surface area (Å²) in [5.74, 6) is -0.926. The number of carboxylic acids is 1. The molecule has 3 aromatic carbocycles. The van der Waals surface area contributed by atoms with Crippen LogP contribution in [0, 0.1) is 0 Å². The van der Waals surface area contributed by atoms with Gasteiger partial charge >= 0.3 is 5.97 Å². The van der Waals surface area contributed by atoms with E-state index in [9.17, 15) is 21.6 Å². The first-order valence-corrected chi connectivity index (χ1v) is 12.9. The average Bonchev–Trinajstić information content (AvgIpc) is 2.78. The third-order valence-corrected chi connectivity index (χ3v) is 8.14. The first-order chi connectivity index (χ1) is 15.6. The second-order valence-corrected chi connectivity index (χ2v) is 11.1. The summed E-state index contributed by atoms with van der Waals surface area (Å²) >= 11 is 0. The fourth-order valence-corrected chi connectivity index (χ4v) is 5.32. The van der Waals surface area contributed by atoms with E-state index in [1.54, 1.807) is 12.1 Å². The lowest BCUT2D eigenvalue weighted by atomic mass is 10.1. The molecule has 0 amide bonds. The summed E-state index contributed by atoms with van der Waals surface area (Å²) in [6, 6.07) is 20.6. The number of hydrogen-bond donors (Lipinski definition) is 2. The van der Waals surface area contributed by atoms with Gasteiger partial charge in [-0.2, -0.15) is 4.31 Å². The zero-order chi connectivity index (χ0) is 24.1. The van der Waals surface area contributed by atoms with Gasteiger partial charge in [0.1, 0.15) is 0 Å². The van der Waals surface area contributed by atoms with Crippen molar-refractivity contribution in [2.24, 2.45) is 0 Å². The van der Waals surface area contributed by atoms with E-state index in [0.717, 1.165) is 5.56 Å². The molecule has 174 valence electrons. The van der Waals surface area contributed by atoms with E-state index in [1.807, 2.05) is 30.3 Å². The zero-order valence-corrected chi connectivity index (χ0v) is 19.5. The minimum absolute atomic E-state index is 0.0147. The van der Waals surface area contributed by atoms with Crippen LogP contribution in [-0.2, 0) is 37.8 Å². The van der Waals surface area contributed by atoms with E-state index >= 15 is 0 Å². The van der Waals surface area contributed by atoms with Crippen LogP contribution in [0.15, 0.2) is 88.7 Å². The molecule has 33 heavy (non-hydrogen) atoms. The third kappa shape index (κ3) is 6.41. The van der Waals surface area contributed by atoms with Gasteiger partial charge in [0.15, 0.2) is 0 Å². The van der Waals surface area contributed by atoms with Crippen LogP contribution < -0.4 is 4.72 Å². The molecule has 0 aliphatic heterocycles. The van der Waals surface area contributed by atoms with Crippen LogP contribution in [0.25, 0.3) is 0 Å². The smallest absolute Gasteiger partial charge is 0.303 e. The average molecular weight is 489 g/mol. The normalized spacial score (nSPS) is 11.9. The Bertz CT molecular complexity index is 1310. The number of benzene rings is 3. The Morgan fingerprint density at radius 3 is 1.97 bits per heavy atom. The van der Waals surface area contributed by atoms with Gasteiger partial charge in [0.2, 0.25) is 10.0 Å². The number of nitrogens with zero attached hydrogens (tertiary/aromatic N) is 1. The highest BCUT2D eigenvalue weighted by Gasteiger charge is 2.21. The Hall–Kier alpha value is -3.21. The molecular formula is C23H24N2O6S2. The number of rotatable bonds is 10. The van der Waals surface area contributed by atoms with Gasteiger partial charge in [0, 0.05) is 25.7 Å². The summed E-state index contributed by atoms with van der Waals surface area (Å²) < 4.78 is 54.6. The lowest BCUT2D eigenvalue weighted by Gasteiger charge is -2.17. The number of carbonyl (C=O) groups is 1. The molecule has 0 fully saturated rings. The maximum Gasteiger partial charge on any atom is 0.303 e. The monoisotopic (exact) mass is 488 g/mol. The van der Waals surface area contributed by atoms with Crippen molar-refractivity contribution in [3.63, 3.8) is 0 Å². The predicted octanol–water partition coefficient (Wildman–Crippen LogP) is 3.33. The number of nitrogens with one attached hydrogen (secondary N) is 1. The first kappa shape index (κ1) is 24.4. The second kappa shape index (κ2) is 10.2. The molecule has 10 heteroatoms. The van der Waals surface area contributed by atoms with Crippen LogP contribution in [0.3, 0.4) is 0 Å². The Morgan fingerprint density at radius 2 is 1.39 bits per heavy atom. The maximum atomic E-state index is 12.8. The molecule has 0 saturated carbocycles. The van der Waals surface area contributed by atoms with Crippen molar-refractivity contribution in [1.29, 1.82) is 0 Å². The van der Waals surface area contributed by atoms with Crippen molar-refractivity contribution in [2.45, 2.75) is 29.2 Å². The number of aliphatic carboxylic acids is 1. The SMILES string of the molecule is CN(Cc1ccccc1)S(=O)(=O)c1ccc(NS(=O)(=O)c2ccc(CCC(=O)O)cc2)cc1. The number of anilines is 1. The number of carboxylic acid groups (broad SMARTS) is 1. The lowest BCUT2D eigenvalue weighted by Crippen LogP contribution is -2.26. The zero-order valence-electron chi connectivity index (χ0n) is 17.9. The molecule has 3 aromatic rings. The van der Waals surface area contributed by atoms with Gasteiger partial charge in [-0.15, -0.1) is 0 Å². The minimum atomic E-state index is -3.89. The highest BCUT2D eigenvalue weighted by atomic mass is 32.2. The van der Waals surface area contributed by atoms with Crippen LogP contribution in [0.1, 0.15) is 17.5 Å². The molecule has 0 atom stereocenters. The van der Waals surface area contributed by atoms with Crippen molar-refractivity contribution in [3.05, 3.63) is 90.0 Å². The predicted molar refractivity (Wildman–Crippen MR) is 125 cm³/mol. The summed E-state index contributed by atoms with van der Waals surface area (Å²) in [5.41, 5.74) is 1.78. The Labute approximate surface area is 193 Å². The van der Waals surface area contributed by atoms with Crippen LogP contribution >= 0.6 is 0 Å². The van der Waals surface area contributed by atoms with Gasteiger partial charge in [-0.1, -0.05) is 42.5 Å². The Kier molecular flexibility index (Phi) is 7.52. The fourth-order valence-electron chi connectivity index (χ4n) is 3.10. The molecule has 3 rings (SSSR count). The standard InChI is InChI=1S/C23H24N2O6S2/c1-25(17-19-5-3-2-4-6-19)33(30,31)22-14-10-20(11-15-22)24-32(28,29)21-12-7-18(8-13-21)9-16-23(26)27/h2-8,10-15,24H,9,16-17H2,1H3,(H,26,27). The molecule has 2 N–H and O–H groups in total. The summed E-state index contributed by atoms with van der Waals surface area (Å²) in [7, 11) is -6.16. The van der Waals surface area contributed by atoms with Crippen molar-refractivity contribution >= 4 is 31.7 Å². The molecular weight excluding hydrogens is 464 g/mol. The second-order valence-electron chi connectivity index (χ2n) is 7.41. The Balaban J connectivity index is 1.69. The Morgan fingerprint density at radius 1 is 0.818 bits per heavy atom. The van der Waals surface area contributed by atoms with E-state index in [-0.39, 0.29) is 28.4 Å². The van der Waals surface area contributed by atoms with E-state index in [4.69, 9.17) is 5.11 Å². The van der Waals surface area contributed by atoms with Crippen molar-refractivity contribution in [1.82, 2.24) is 4.31 Å². The topological polar surface area (TPSA) is 121 Å². The highest BCUT2D eigenvalue weighted by Crippen LogP contribution is 2.22. The molecule has 0 aliphatic carbocycles. The summed E-state index contributed by atoms with van der Waals surface area (Å²) in [6.07, 6.45) is 0.262. The molecule has 0 aliphatic rings. The molecule has 0 aromatic heterocycles. The maximum absolute atomic E-state index is 12.8. The molecule has 8 nitrogen and oxygen atoms in total. The van der Waals surface area contributed by atoms with Crippen LogP contribution in [0.4, 0.5) is 5.69 Å². The number of hydrogen-bond acceptors (Lipinski definition) is 5. The van der Waals surface area contributed by atoms with E-state index in [1.165, 1.54) is 47.8 Å². The largest absolute Gasteiger partial charge is 0.481 e. The van der Waals surface area contributed by atoms with Gasteiger partial charge in [-0.05, 0) is 53.9 Å². The molecule has 0 unspecified atom stereocenters. The fraction of sp³-hybridized carbons (Fsp3) is 0.174. The van der Waals surface area contributed by atoms with Gasteiger partial charge in [0.25, 0.3) is 10.0 Å². The third-order valence-electron chi connectivity index (χ3n) is 4.92. The number of aryl methyl sites for hydroxylation is 1. The number of sulfonamides is 2. The first-order valence-electron chi connectivity index (χ1n) is 10.0. The molecule has 0 radical (unpaired) electrons. The van der Waals surface area contributed by atoms with Crippen LogP contribution in [0.2, 0.25) is 0 Å². The van der Waals surface area contributed by atoms with Crippen LogP contribution in [-0.4, -0.2) is 39.3 Å². The minimum Gasteiger partial charge on any atom is -0.481 e. The van der Waals surface area contributed by atoms with Gasteiger partial charge in [-0.25, -0.2) is 16.8 Å². The molecule has 0 bridgehead atoms. The summed E-state index contributed by atoms with van der Waals surface area (Å²) in [4.78, 5) is 10.7. The molecule has 0 saturated heterocycles. The quantitative estimate of drug-likeness (QED) is 0.452. The summed E-state index contributed by atoms with van der Waals surface area (Å²) in [6.45, 7) is 0.208. The summed E-state index contributed by atoms with van der Waals surface area (Å²) in [5, 5.41) is 8.74. The molecule has 0 heterocycles. The van der Waals surface area contributed by atoms with Crippen molar-refractivity contribution < 1.29 is 26.7 Å². The van der Waals surface area contributed by atoms with Gasteiger partial charge < -0.3 is 5.11 Å². The van der Waals surface area contributed by atoms with Crippen molar-refractivity contribution in [3.8, 4) is 0 Å². The lowest BCUT2D eigenvalue weighted by molar-refractivity contribution is -0.136. The van der Waals surface area contributed by atoms with E-state index in [0.29, 0.717) is 12.0 Å². The van der Waals surface area contributed by atoms with E-state index < -0.39 is 26.0 Å². The van der Waals surface area contributed by atoms with Crippen LogP contribution in [0.5, 0.6) is 0 Å².